The van der Waals surface area contributed by atoms with Gasteiger partial charge in [0.25, 0.3) is 0 Å². The second-order valence-electron chi connectivity index (χ2n) is 6.68. The van der Waals surface area contributed by atoms with Gasteiger partial charge in [-0.05, 0) is 36.3 Å². The molecule has 1 N–H and O–H groups in total. The van der Waals surface area contributed by atoms with Crippen LogP contribution in [0.4, 0.5) is 5.95 Å². The standard InChI is InChI=1S/C19H19N5S/c1-12-6-5-9-14-15(12)16-17-21-11-22-24(17)19(23-18(16)25-14)20-10-13-7-3-2-4-8-13/h2-4,7-8,11-12H,5-6,9-10H2,1H3,(H,20,23)/t12-/m1/s1. The molecule has 5 nitrogen and oxygen atoms in total. The fourth-order valence-electron chi connectivity index (χ4n) is 3.79. The molecule has 0 fully saturated rings. The van der Waals surface area contributed by atoms with Crippen molar-refractivity contribution in [2.45, 2.75) is 38.6 Å². The van der Waals surface area contributed by atoms with E-state index in [1.54, 1.807) is 6.33 Å². The van der Waals surface area contributed by atoms with Gasteiger partial charge < -0.3 is 5.32 Å². The van der Waals surface area contributed by atoms with Crippen molar-refractivity contribution < 1.29 is 0 Å². The van der Waals surface area contributed by atoms with Crippen molar-refractivity contribution in [1.29, 1.82) is 0 Å². The van der Waals surface area contributed by atoms with Crippen LogP contribution in [0.3, 0.4) is 0 Å². The maximum Gasteiger partial charge on any atom is 0.227 e. The molecule has 0 bridgehead atoms. The lowest BCUT2D eigenvalue weighted by Gasteiger charge is -2.18. The molecule has 1 aromatic carbocycles. The number of thiophene rings is 1. The van der Waals surface area contributed by atoms with Crippen molar-refractivity contribution in [3.63, 3.8) is 0 Å². The number of fused-ring (bicyclic) bond motifs is 5. The molecular formula is C19H19N5S. The quantitative estimate of drug-likeness (QED) is 0.596. The van der Waals surface area contributed by atoms with Gasteiger partial charge in [-0.15, -0.1) is 11.3 Å². The van der Waals surface area contributed by atoms with Crippen LogP contribution in [-0.2, 0) is 13.0 Å². The van der Waals surface area contributed by atoms with Gasteiger partial charge >= 0.3 is 0 Å². The molecule has 3 heterocycles. The van der Waals surface area contributed by atoms with E-state index in [1.165, 1.54) is 34.2 Å². The van der Waals surface area contributed by atoms with E-state index in [4.69, 9.17) is 4.98 Å². The fraction of sp³-hybridized carbons (Fsp3) is 0.316. The minimum absolute atomic E-state index is 0.572. The zero-order chi connectivity index (χ0) is 16.8. The Balaban J connectivity index is 1.63. The first-order valence-corrected chi connectivity index (χ1v) is 9.55. The Labute approximate surface area is 149 Å². The van der Waals surface area contributed by atoms with Gasteiger partial charge in [0, 0.05) is 11.4 Å². The molecule has 5 rings (SSSR count). The lowest BCUT2D eigenvalue weighted by Crippen LogP contribution is -2.08. The number of aryl methyl sites for hydroxylation is 1. The summed E-state index contributed by atoms with van der Waals surface area (Å²) in [6.45, 7) is 3.04. The number of anilines is 1. The molecule has 3 aromatic heterocycles. The van der Waals surface area contributed by atoms with Crippen molar-refractivity contribution in [3.8, 4) is 0 Å². The number of nitrogens with zero attached hydrogens (tertiary/aromatic N) is 4. The Hall–Kier alpha value is -2.47. The number of hydrogen-bond acceptors (Lipinski definition) is 5. The SMILES string of the molecule is C[C@@H]1CCCc2sc3nc(NCc4ccccc4)n4ncnc4c3c21. The summed E-state index contributed by atoms with van der Waals surface area (Å²) in [6, 6.07) is 10.3. The average Bonchev–Trinajstić information content (AvgIpc) is 3.25. The minimum atomic E-state index is 0.572. The van der Waals surface area contributed by atoms with Crippen LogP contribution in [-0.4, -0.2) is 19.6 Å². The third-order valence-electron chi connectivity index (χ3n) is 5.01. The van der Waals surface area contributed by atoms with Crippen LogP contribution in [0.5, 0.6) is 0 Å². The van der Waals surface area contributed by atoms with Crippen LogP contribution >= 0.6 is 11.3 Å². The summed E-state index contributed by atoms with van der Waals surface area (Å²) in [7, 11) is 0. The van der Waals surface area contributed by atoms with Gasteiger partial charge in [-0.1, -0.05) is 37.3 Å². The molecule has 0 saturated carbocycles. The first-order valence-electron chi connectivity index (χ1n) is 8.74. The molecule has 25 heavy (non-hydrogen) atoms. The van der Waals surface area contributed by atoms with Gasteiger partial charge in [-0.2, -0.15) is 9.61 Å². The predicted octanol–water partition coefficient (Wildman–Crippen LogP) is 4.39. The van der Waals surface area contributed by atoms with E-state index in [1.807, 2.05) is 34.1 Å². The molecule has 0 amide bonds. The van der Waals surface area contributed by atoms with E-state index in [-0.39, 0.29) is 0 Å². The number of aromatic nitrogens is 4. The topological polar surface area (TPSA) is 55.1 Å². The predicted molar refractivity (Wildman–Crippen MR) is 101 cm³/mol. The van der Waals surface area contributed by atoms with Crippen LogP contribution in [0.1, 0.15) is 41.7 Å². The zero-order valence-corrected chi connectivity index (χ0v) is 14.9. The number of benzene rings is 1. The molecule has 1 aliphatic carbocycles. The highest BCUT2D eigenvalue weighted by Crippen LogP contribution is 2.43. The van der Waals surface area contributed by atoms with E-state index >= 15 is 0 Å². The summed E-state index contributed by atoms with van der Waals surface area (Å²) in [5, 5.41) is 9.05. The minimum Gasteiger partial charge on any atom is -0.350 e. The van der Waals surface area contributed by atoms with Crippen molar-refractivity contribution in [3.05, 3.63) is 52.7 Å². The van der Waals surface area contributed by atoms with Gasteiger partial charge in [-0.25, -0.2) is 9.97 Å². The van der Waals surface area contributed by atoms with Gasteiger partial charge in [0.15, 0.2) is 5.65 Å². The molecule has 1 aliphatic rings. The first kappa shape index (κ1) is 14.8. The molecule has 0 radical (unpaired) electrons. The Morgan fingerprint density at radius 3 is 3.04 bits per heavy atom. The summed E-state index contributed by atoms with van der Waals surface area (Å²) in [6.07, 6.45) is 5.30. The smallest absolute Gasteiger partial charge is 0.227 e. The van der Waals surface area contributed by atoms with Crippen LogP contribution in [0.15, 0.2) is 36.7 Å². The number of hydrogen-bond donors (Lipinski definition) is 1. The van der Waals surface area contributed by atoms with Crippen LogP contribution < -0.4 is 5.32 Å². The normalized spacial score (nSPS) is 17.1. The summed E-state index contributed by atoms with van der Waals surface area (Å²) in [5.41, 5.74) is 3.59. The van der Waals surface area contributed by atoms with Gasteiger partial charge in [-0.3, -0.25) is 0 Å². The van der Waals surface area contributed by atoms with Crippen molar-refractivity contribution in [2.24, 2.45) is 0 Å². The number of rotatable bonds is 3. The van der Waals surface area contributed by atoms with Crippen molar-refractivity contribution in [1.82, 2.24) is 19.6 Å². The van der Waals surface area contributed by atoms with Gasteiger partial charge in [0.2, 0.25) is 5.95 Å². The molecule has 0 spiro atoms. The third-order valence-corrected chi connectivity index (χ3v) is 6.17. The maximum atomic E-state index is 4.90. The maximum absolute atomic E-state index is 4.90. The summed E-state index contributed by atoms with van der Waals surface area (Å²) < 4.78 is 1.85. The lowest BCUT2D eigenvalue weighted by molar-refractivity contribution is 0.602. The molecule has 4 aromatic rings. The van der Waals surface area contributed by atoms with Crippen LogP contribution in [0.2, 0.25) is 0 Å². The molecule has 0 unspecified atom stereocenters. The summed E-state index contributed by atoms with van der Waals surface area (Å²) >= 11 is 1.83. The van der Waals surface area contributed by atoms with Crippen molar-refractivity contribution >= 4 is 33.1 Å². The van der Waals surface area contributed by atoms with Crippen LogP contribution in [0.25, 0.3) is 15.9 Å². The Kier molecular flexibility index (Phi) is 3.45. The Morgan fingerprint density at radius 2 is 2.16 bits per heavy atom. The highest BCUT2D eigenvalue weighted by atomic mass is 32.1. The van der Waals surface area contributed by atoms with E-state index in [9.17, 15) is 0 Å². The Morgan fingerprint density at radius 1 is 1.28 bits per heavy atom. The molecule has 1 atom stereocenters. The molecule has 0 aliphatic heterocycles. The Bertz CT molecular complexity index is 1050. The highest BCUT2D eigenvalue weighted by molar-refractivity contribution is 7.19. The van der Waals surface area contributed by atoms with Gasteiger partial charge in [0.1, 0.15) is 11.2 Å². The second kappa shape index (κ2) is 5.81. The summed E-state index contributed by atoms with van der Waals surface area (Å²) in [4.78, 5) is 12.0. The summed E-state index contributed by atoms with van der Waals surface area (Å²) in [5.74, 6) is 1.33. The average molecular weight is 349 g/mol. The van der Waals surface area contributed by atoms with E-state index in [0.717, 1.165) is 29.4 Å². The van der Waals surface area contributed by atoms with Crippen LogP contribution in [0, 0.1) is 0 Å². The monoisotopic (exact) mass is 349 g/mol. The molecule has 126 valence electrons. The lowest BCUT2D eigenvalue weighted by atomic mass is 9.87. The molecule has 0 saturated heterocycles. The number of nitrogens with one attached hydrogen (secondary N) is 1. The van der Waals surface area contributed by atoms with E-state index in [2.05, 4.69) is 34.5 Å². The van der Waals surface area contributed by atoms with E-state index < -0.39 is 0 Å². The third kappa shape index (κ3) is 2.40. The fourth-order valence-corrected chi connectivity index (χ4v) is 5.12. The molecular weight excluding hydrogens is 330 g/mol. The van der Waals surface area contributed by atoms with Gasteiger partial charge in [0.05, 0.1) is 5.39 Å². The highest BCUT2D eigenvalue weighted by Gasteiger charge is 2.25. The second-order valence-corrected chi connectivity index (χ2v) is 7.77. The van der Waals surface area contributed by atoms with E-state index in [0.29, 0.717) is 5.92 Å². The first-order chi connectivity index (χ1) is 12.3. The molecule has 6 heteroatoms. The van der Waals surface area contributed by atoms with Crippen molar-refractivity contribution in [2.75, 3.05) is 5.32 Å². The zero-order valence-electron chi connectivity index (χ0n) is 14.1. The largest absolute Gasteiger partial charge is 0.350 e.